The molecule has 0 unspecified atom stereocenters. The molecule has 0 heterocycles. The molecule has 0 aromatic heterocycles. The highest BCUT2D eigenvalue weighted by Crippen LogP contribution is 2.13. The Balaban J connectivity index is 1.91. The van der Waals surface area contributed by atoms with Crippen LogP contribution in [0.5, 0.6) is 0 Å². The summed E-state index contributed by atoms with van der Waals surface area (Å²) < 4.78 is 0. The summed E-state index contributed by atoms with van der Waals surface area (Å²) in [4.78, 5) is 25.6. The second-order valence-corrected chi connectivity index (χ2v) is 4.58. The average molecular weight is 267 g/mol. The van der Waals surface area contributed by atoms with Crippen LogP contribution in [0.2, 0.25) is 0 Å². The first kappa shape index (κ1) is 14.0. The van der Waals surface area contributed by atoms with Gasteiger partial charge in [-0.15, -0.1) is 0 Å². The molecule has 3 nitrogen and oxygen atoms in total. The summed E-state index contributed by atoms with van der Waals surface area (Å²) in [5.74, 6) is -0.0547. The first-order chi connectivity index (χ1) is 9.68. The number of anilines is 1. The third kappa shape index (κ3) is 3.54. The van der Waals surface area contributed by atoms with E-state index >= 15 is 0 Å². The van der Waals surface area contributed by atoms with Crippen LogP contribution in [-0.2, 0) is 4.79 Å². The van der Waals surface area contributed by atoms with E-state index < -0.39 is 0 Å². The smallest absolute Gasteiger partial charge is 0.227 e. The molecule has 0 bridgehead atoms. The monoisotopic (exact) mass is 267 g/mol. The summed E-state index contributed by atoms with van der Waals surface area (Å²) >= 11 is 0. The minimum Gasteiger partial charge on any atom is -0.315 e. The second-order valence-electron chi connectivity index (χ2n) is 4.58. The quantitative estimate of drug-likeness (QED) is 0.779. The zero-order chi connectivity index (χ0) is 14.4. The van der Waals surface area contributed by atoms with Gasteiger partial charge in [-0.1, -0.05) is 48.5 Å². The van der Waals surface area contributed by atoms with Gasteiger partial charge in [0.2, 0.25) is 5.91 Å². The first-order valence-electron chi connectivity index (χ1n) is 6.58. The van der Waals surface area contributed by atoms with Crippen LogP contribution in [0.3, 0.4) is 0 Å². The highest BCUT2D eigenvalue weighted by atomic mass is 16.2. The van der Waals surface area contributed by atoms with Crippen molar-refractivity contribution < 1.29 is 9.59 Å². The normalized spacial score (nSPS) is 10.1. The number of carbonyl (C=O) groups is 2. The van der Waals surface area contributed by atoms with Crippen molar-refractivity contribution in [2.75, 3.05) is 11.9 Å². The fourth-order valence-corrected chi connectivity index (χ4v) is 1.95. The largest absolute Gasteiger partial charge is 0.315 e. The van der Waals surface area contributed by atoms with Gasteiger partial charge in [-0.25, -0.2) is 0 Å². The van der Waals surface area contributed by atoms with Crippen LogP contribution in [0.15, 0.2) is 60.7 Å². The number of ketones is 1. The molecule has 0 aliphatic rings. The minimum absolute atomic E-state index is 0.000381. The summed E-state index contributed by atoms with van der Waals surface area (Å²) in [6.07, 6.45) is 0.457. The first-order valence-corrected chi connectivity index (χ1v) is 6.58. The van der Waals surface area contributed by atoms with Crippen molar-refractivity contribution in [3.63, 3.8) is 0 Å². The van der Waals surface area contributed by atoms with E-state index in [0.717, 1.165) is 5.69 Å². The molecule has 2 aromatic carbocycles. The van der Waals surface area contributed by atoms with Crippen LogP contribution in [0.4, 0.5) is 5.69 Å². The molecule has 0 aliphatic carbocycles. The number of carbonyl (C=O) groups excluding carboxylic acids is 2. The lowest BCUT2D eigenvalue weighted by atomic mass is 10.1. The Morgan fingerprint density at radius 2 is 1.40 bits per heavy atom. The lowest BCUT2D eigenvalue weighted by Gasteiger charge is -2.16. The van der Waals surface area contributed by atoms with Crippen molar-refractivity contribution in [2.45, 2.75) is 12.8 Å². The van der Waals surface area contributed by atoms with E-state index in [4.69, 9.17) is 0 Å². The predicted molar refractivity (Wildman–Crippen MR) is 79.9 cm³/mol. The van der Waals surface area contributed by atoms with Crippen molar-refractivity contribution in [1.29, 1.82) is 0 Å². The zero-order valence-electron chi connectivity index (χ0n) is 11.5. The summed E-state index contributed by atoms with van der Waals surface area (Å²) in [6, 6.07) is 18.5. The van der Waals surface area contributed by atoms with Crippen LogP contribution in [0.1, 0.15) is 23.2 Å². The van der Waals surface area contributed by atoms with Crippen molar-refractivity contribution >= 4 is 17.4 Å². The molecule has 102 valence electrons. The highest BCUT2D eigenvalue weighted by Gasteiger charge is 2.13. The van der Waals surface area contributed by atoms with Crippen LogP contribution in [0.25, 0.3) is 0 Å². The van der Waals surface area contributed by atoms with Gasteiger partial charge in [-0.05, 0) is 12.1 Å². The van der Waals surface area contributed by atoms with Gasteiger partial charge in [-0.3, -0.25) is 9.59 Å². The molecule has 1 amide bonds. The number of amides is 1. The molecule has 0 saturated heterocycles. The number of para-hydroxylation sites is 1. The van der Waals surface area contributed by atoms with E-state index in [1.165, 1.54) is 0 Å². The topological polar surface area (TPSA) is 37.4 Å². The molecule has 0 atom stereocenters. The molecule has 0 N–H and O–H groups in total. The maximum atomic E-state index is 12.1. The molecule has 2 rings (SSSR count). The predicted octanol–water partition coefficient (Wildman–Crippen LogP) is 3.31. The molecule has 20 heavy (non-hydrogen) atoms. The van der Waals surface area contributed by atoms with E-state index in [1.54, 1.807) is 24.1 Å². The number of nitrogens with zero attached hydrogens (tertiary/aromatic N) is 1. The van der Waals surface area contributed by atoms with Crippen LogP contribution >= 0.6 is 0 Å². The molecular formula is C17H17NO2. The third-order valence-corrected chi connectivity index (χ3v) is 3.18. The summed E-state index contributed by atoms with van der Waals surface area (Å²) in [7, 11) is 1.73. The maximum Gasteiger partial charge on any atom is 0.227 e. The van der Waals surface area contributed by atoms with E-state index in [-0.39, 0.29) is 24.5 Å². The maximum absolute atomic E-state index is 12.1. The Morgan fingerprint density at radius 1 is 0.850 bits per heavy atom. The van der Waals surface area contributed by atoms with Gasteiger partial charge >= 0.3 is 0 Å². The standard InChI is InChI=1S/C17H17NO2/c1-18(15-10-6-3-7-11-15)17(20)13-12-16(19)14-8-4-2-5-9-14/h2-11H,12-13H2,1H3. The Labute approximate surface area is 118 Å². The Hall–Kier alpha value is -2.42. The Kier molecular flexibility index (Phi) is 4.66. The molecule has 0 saturated carbocycles. The average Bonchev–Trinajstić information content (AvgIpc) is 2.53. The molecule has 2 aromatic rings. The molecule has 3 heteroatoms. The fraction of sp³-hybridized carbons (Fsp3) is 0.176. The van der Waals surface area contributed by atoms with E-state index in [9.17, 15) is 9.59 Å². The van der Waals surface area contributed by atoms with Crippen molar-refractivity contribution in [1.82, 2.24) is 0 Å². The lowest BCUT2D eigenvalue weighted by molar-refractivity contribution is -0.118. The second kappa shape index (κ2) is 6.66. The fourth-order valence-electron chi connectivity index (χ4n) is 1.95. The van der Waals surface area contributed by atoms with E-state index in [2.05, 4.69) is 0 Å². The van der Waals surface area contributed by atoms with Gasteiger partial charge < -0.3 is 4.90 Å². The summed E-state index contributed by atoms with van der Waals surface area (Å²) in [5, 5.41) is 0. The van der Waals surface area contributed by atoms with Gasteiger partial charge in [0, 0.05) is 31.1 Å². The highest BCUT2D eigenvalue weighted by molar-refractivity contribution is 6.00. The van der Waals surface area contributed by atoms with Gasteiger partial charge in [0.25, 0.3) is 0 Å². The number of hydrogen-bond acceptors (Lipinski definition) is 2. The molecule has 0 radical (unpaired) electrons. The zero-order valence-corrected chi connectivity index (χ0v) is 11.5. The number of Topliss-reactive ketones (excluding diaryl/α,β-unsaturated/α-hetero) is 1. The van der Waals surface area contributed by atoms with Crippen molar-refractivity contribution in [3.05, 3.63) is 66.2 Å². The summed E-state index contributed by atoms with van der Waals surface area (Å²) in [6.45, 7) is 0. The minimum atomic E-state index is -0.0551. The van der Waals surface area contributed by atoms with Crippen LogP contribution in [0, 0.1) is 0 Å². The van der Waals surface area contributed by atoms with E-state index in [0.29, 0.717) is 5.56 Å². The van der Waals surface area contributed by atoms with Gasteiger partial charge in [-0.2, -0.15) is 0 Å². The van der Waals surface area contributed by atoms with Crippen molar-refractivity contribution in [2.24, 2.45) is 0 Å². The lowest BCUT2D eigenvalue weighted by Crippen LogP contribution is -2.26. The molecule has 0 spiro atoms. The van der Waals surface area contributed by atoms with Gasteiger partial charge in [0.05, 0.1) is 0 Å². The Morgan fingerprint density at radius 3 is 2.00 bits per heavy atom. The number of rotatable bonds is 5. The van der Waals surface area contributed by atoms with Gasteiger partial charge in [0.15, 0.2) is 5.78 Å². The van der Waals surface area contributed by atoms with E-state index in [1.807, 2.05) is 48.5 Å². The SMILES string of the molecule is CN(C(=O)CCC(=O)c1ccccc1)c1ccccc1. The van der Waals surface area contributed by atoms with Gasteiger partial charge in [0.1, 0.15) is 0 Å². The molecule has 0 fully saturated rings. The number of hydrogen-bond donors (Lipinski definition) is 0. The molecule has 0 aliphatic heterocycles. The summed E-state index contributed by atoms with van der Waals surface area (Å²) in [5.41, 5.74) is 1.49. The number of benzene rings is 2. The molecular weight excluding hydrogens is 250 g/mol. The Bertz CT molecular complexity index is 578. The third-order valence-electron chi connectivity index (χ3n) is 3.18. The van der Waals surface area contributed by atoms with Crippen LogP contribution in [-0.4, -0.2) is 18.7 Å². The van der Waals surface area contributed by atoms with Crippen molar-refractivity contribution in [3.8, 4) is 0 Å². The van der Waals surface area contributed by atoms with Crippen LogP contribution < -0.4 is 4.90 Å².